The molecule has 0 amide bonds. The van der Waals surface area contributed by atoms with Gasteiger partial charge in [0.05, 0.1) is 0 Å². The van der Waals surface area contributed by atoms with Gasteiger partial charge in [0.25, 0.3) is 0 Å². The second-order valence-electron chi connectivity index (χ2n) is 3.84. The molecule has 0 aromatic heterocycles. The molecule has 2 heteroatoms. The molecule has 0 radical (unpaired) electrons. The van der Waals surface area contributed by atoms with Gasteiger partial charge in [0.2, 0.25) is 0 Å². The molecule has 0 aromatic carbocycles. The van der Waals surface area contributed by atoms with Crippen LogP contribution >= 0.6 is 0 Å². The van der Waals surface area contributed by atoms with E-state index in [9.17, 15) is 0 Å². The van der Waals surface area contributed by atoms with Crippen LogP contribution < -0.4 is 11.3 Å². The summed E-state index contributed by atoms with van der Waals surface area (Å²) in [5.74, 6) is 6.90. The average Bonchev–Trinajstić information content (AvgIpc) is 2.06. The zero-order valence-corrected chi connectivity index (χ0v) is 8.93. The Labute approximate surface area is 76.9 Å². The maximum absolute atomic E-state index is 5.53. The predicted octanol–water partition coefficient (Wildman–Crippen LogP) is 2.30. The first-order chi connectivity index (χ1) is 5.67. The van der Waals surface area contributed by atoms with Crippen LogP contribution in [0.5, 0.6) is 0 Å². The molecule has 0 fully saturated rings. The predicted molar refractivity (Wildman–Crippen MR) is 54.6 cm³/mol. The van der Waals surface area contributed by atoms with Crippen LogP contribution in [0.4, 0.5) is 0 Å². The van der Waals surface area contributed by atoms with E-state index in [0.717, 1.165) is 0 Å². The van der Waals surface area contributed by atoms with Crippen molar-refractivity contribution in [2.24, 2.45) is 17.7 Å². The van der Waals surface area contributed by atoms with Gasteiger partial charge in [0, 0.05) is 6.04 Å². The topological polar surface area (TPSA) is 38.0 Å². The van der Waals surface area contributed by atoms with E-state index in [1.54, 1.807) is 0 Å². The SMILES string of the molecule is CCCC(C)C(NN)C(C)CC. The summed E-state index contributed by atoms with van der Waals surface area (Å²) in [7, 11) is 0. The molecule has 0 aromatic rings. The van der Waals surface area contributed by atoms with Gasteiger partial charge in [0.1, 0.15) is 0 Å². The maximum Gasteiger partial charge on any atom is 0.0261 e. The fourth-order valence-electron chi connectivity index (χ4n) is 1.78. The Morgan fingerprint density at radius 3 is 2.08 bits per heavy atom. The lowest BCUT2D eigenvalue weighted by atomic mass is 9.87. The van der Waals surface area contributed by atoms with E-state index in [1.807, 2.05) is 0 Å². The first kappa shape index (κ1) is 11.9. The molecule has 0 aliphatic carbocycles. The van der Waals surface area contributed by atoms with Gasteiger partial charge in [-0.15, -0.1) is 0 Å². The third kappa shape index (κ3) is 3.55. The van der Waals surface area contributed by atoms with Gasteiger partial charge in [-0.3, -0.25) is 11.3 Å². The molecule has 0 rings (SSSR count). The minimum Gasteiger partial charge on any atom is -0.271 e. The Morgan fingerprint density at radius 2 is 1.75 bits per heavy atom. The smallest absolute Gasteiger partial charge is 0.0261 e. The molecule has 0 saturated heterocycles. The van der Waals surface area contributed by atoms with Crippen molar-refractivity contribution in [1.82, 2.24) is 5.43 Å². The highest BCUT2D eigenvalue weighted by molar-refractivity contribution is 4.75. The zero-order chi connectivity index (χ0) is 9.56. The molecule has 0 aliphatic heterocycles. The minimum atomic E-state index is 0.481. The summed E-state index contributed by atoms with van der Waals surface area (Å²) in [6.45, 7) is 8.98. The standard InChI is InChI=1S/C10H24N2/c1-5-7-9(4)10(12-11)8(3)6-2/h8-10,12H,5-7,11H2,1-4H3. The van der Waals surface area contributed by atoms with E-state index in [4.69, 9.17) is 5.84 Å². The van der Waals surface area contributed by atoms with Gasteiger partial charge in [-0.25, -0.2) is 0 Å². The van der Waals surface area contributed by atoms with Crippen LogP contribution in [0.1, 0.15) is 47.0 Å². The zero-order valence-electron chi connectivity index (χ0n) is 8.93. The summed E-state index contributed by atoms with van der Waals surface area (Å²) in [6.07, 6.45) is 3.71. The summed E-state index contributed by atoms with van der Waals surface area (Å²) in [4.78, 5) is 0. The van der Waals surface area contributed by atoms with Crippen LogP contribution in [0.15, 0.2) is 0 Å². The molecular formula is C10H24N2. The molecule has 0 heterocycles. The lowest BCUT2D eigenvalue weighted by molar-refractivity contribution is 0.268. The van der Waals surface area contributed by atoms with E-state index >= 15 is 0 Å². The Balaban J connectivity index is 3.94. The van der Waals surface area contributed by atoms with Crippen molar-refractivity contribution < 1.29 is 0 Å². The molecular weight excluding hydrogens is 148 g/mol. The molecule has 0 saturated carbocycles. The monoisotopic (exact) mass is 172 g/mol. The Hall–Kier alpha value is -0.0800. The van der Waals surface area contributed by atoms with E-state index in [0.29, 0.717) is 17.9 Å². The van der Waals surface area contributed by atoms with Crippen LogP contribution in [0.25, 0.3) is 0 Å². The van der Waals surface area contributed by atoms with Crippen molar-refractivity contribution in [3.8, 4) is 0 Å². The number of hydrogen-bond acceptors (Lipinski definition) is 2. The second kappa shape index (κ2) is 6.44. The van der Waals surface area contributed by atoms with E-state index in [-0.39, 0.29) is 0 Å². The van der Waals surface area contributed by atoms with Gasteiger partial charge in [-0.05, 0) is 18.3 Å². The molecule has 3 unspecified atom stereocenters. The summed E-state index contributed by atoms with van der Waals surface area (Å²) >= 11 is 0. The molecule has 74 valence electrons. The van der Waals surface area contributed by atoms with Crippen molar-refractivity contribution in [1.29, 1.82) is 0 Å². The highest BCUT2D eigenvalue weighted by Crippen LogP contribution is 2.19. The number of hydrazine groups is 1. The highest BCUT2D eigenvalue weighted by Gasteiger charge is 2.19. The van der Waals surface area contributed by atoms with Crippen LogP contribution in [-0.4, -0.2) is 6.04 Å². The van der Waals surface area contributed by atoms with Gasteiger partial charge >= 0.3 is 0 Å². The van der Waals surface area contributed by atoms with Gasteiger partial charge in [-0.2, -0.15) is 0 Å². The lowest BCUT2D eigenvalue weighted by Crippen LogP contribution is -2.44. The van der Waals surface area contributed by atoms with Crippen LogP contribution in [0.3, 0.4) is 0 Å². The molecule has 0 spiro atoms. The number of nitrogens with one attached hydrogen (secondary N) is 1. The fourth-order valence-corrected chi connectivity index (χ4v) is 1.78. The Kier molecular flexibility index (Phi) is 6.39. The lowest BCUT2D eigenvalue weighted by Gasteiger charge is -2.28. The van der Waals surface area contributed by atoms with E-state index in [2.05, 4.69) is 33.1 Å². The third-order valence-electron chi connectivity index (χ3n) is 2.81. The molecule has 3 N–H and O–H groups in total. The largest absolute Gasteiger partial charge is 0.271 e. The summed E-state index contributed by atoms with van der Waals surface area (Å²) in [5, 5.41) is 0. The first-order valence-corrected chi connectivity index (χ1v) is 5.13. The van der Waals surface area contributed by atoms with Crippen LogP contribution in [0.2, 0.25) is 0 Å². The quantitative estimate of drug-likeness (QED) is 0.476. The summed E-state index contributed by atoms with van der Waals surface area (Å²) < 4.78 is 0. The Bertz CT molecular complexity index is 104. The van der Waals surface area contributed by atoms with E-state index < -0.39 is 0 Å². The van der Waals surface area contributed by atoms with E-state index in [1.165, 1.54) is 19.3 Å². The third-order valence-corrected chi connectivity index (χ3v) is 2.81. The fraction of sp³-hybridized carbons (Fsp3) is 1.00. The van der Waals surface area contributed by atoms with Crippen molar-refractivity contribution in [3.63, 3.8) is 0 Å². The highest BCUT2D eigenvalue weighted by atomic mass is 15.2. The molecule has 3 atom stereocenters. The Morgan fingerprint density at radius 1 is 1.17 bits per heavy atom. The van der Waals surface area contributed by atoms with Crippen molar-refractivity contribution >= 4 is 0 Å². The normalized spacial score (nSPS) is 18.8. The molecule has 0 aliphatic rings. The average molecular weight is 172 g/mol. The summed E-state index contributed by atoms with van der Waals surface area (Å²) in [6, 6.07) is 0.481. The number of nitrogens with two attached hydrogens (primary N) is 1. The van der Waals surface area contributed by atoms with Crippen molar-refractivity contribution in [3.05, 3.63) is 0 Å². The van der Waals surface area contributed by atoms with Gasteiger partial charge < -0.3 is 0 Å². The van der Waals surface area contributed by atoms with Crippen molar-refractivity contribution in [2.75, 3.05) is 0 Å². The van der Waals surface area contributed by atoms with Crippen molar-refractivity contribution in [2.45, 2.75) is 53.0 Å². The number of rotatable bonds is 6. The van der Waals surface area contributed by atoms with Crippen LogP contribution in [-0.2, 0) is 0 Å². The first-order valence-electron chi connectivity index (χ1n) is 5.13. The van der Waals surface area contributed by atoms with Gasteiger partial charge in [0.15, 0.2) is 0 Å². The summed E-state index contributed by atoms with van der Waals surface area (Å²) in [5.41, 5.74) is 2.94. The van der Waals surface area contributed by atoms with Crippen LogP contribution in [0, 0.1) is 11.8 Å². The number of hydrogen-bond donors (Lipinski definition) is 2. The molecule has 2 nitrogen and oxygen atoms in total. The molecule has 12 heavy (non-hydrogen) atoms. The second-order valence-corrected chi connectivity index (χ2v) is 3.84. The molecule has 0 bridgehead atoms. The maximum atomic E-state index is 5.53. The van der Waals surface area contributed by atoms with Gasteiger partial charge in [-0.1, -0.05) is 40.5 Å². The minimum absolute atomic E-state index is 0.481.